The molecule has 19 heavy (non-hydrogen) atoms. The fraction of sp³-hybridized carbons (Fsp3) is 0.579. The topological polar surface area (TPSA) is 0 Å². The summed E-state index contributed by atoms with van der Waals surface area (Å²) in [6, 6.07) is 10.8. The van der Waals surface area contributed by atoms with Crippen molar-refractivity contribution in [3.63, 3.8) is 0 Å². The third-order valence-corrected chi connectivity index (χ3v) is 4.00. The molecule has 0 aromatic heterocycles. The minimum absolute atomic E-state index is 1.26. The Balaban J connectivity index is 2.25. The number of benzene rings is 1. The standard InChI is InChI=1S/C19H30/c1-4-5-6-7-8-9-11-14-17(2)18(3)19-15-12-10-13-16-19/h10,12-13,15-16H,4-9,11,14H2,1-3H3. The van der Waals surface area contributed by atoms with Gasteiger partial charge in [-0.05, 0) is 37.8 Å². The van der Waals surface area contributed by atoms with E-state index in [1.54, 1.807) is 5.57 Å². The average Bonchev–Trinajstić information content (AvgIpc) is 2.46. The van der Waals surface area contributed by atoms with Crippen LogP contribution >= 0.6 is 0 Å². The number of unbranched alkanes of at least 4 members (excludes halogenated alkanes) is 6. The Morgan fingerprint density at radius 1 is 0.789 bits per heavy atom. The summed E-state index contributed by atoms with van der Waals surface area (Å²) in [6.45, 7) is 6.83. The molecule has 0 bridgehead atoms. The van der Waals surface area contributed by atoms with Crippen molar-refractivity contribution >= 4 is 5.57 Å². The van der Waals surface area contributed by atoms with Gasteiger partial charge in [0.25, 0.3) is 0 Å². The van der Waals surface area contributed by atoms with Crippen LogP contribution in [0.1, 0.15) is 77.7 Å². The Bertz CT molecular complexity index is 359. The minimum atomic E-state index is 1.26. The second-order valence-corrected chi connectivity index (χ2v) is 5.64. The number of hydrogen-bond acceptors (Lipinski definition) is 0. The summed E-state index contributed by atoms with van der Waals surface area (Å²) in [5.41, 5.74) is 4.40. The van der Waals surface area contributed by atoms with Gasteiger partial charge in [-0.1, -0.05) is 81.4 Å². The molecule has 0 aliphatic rings. The maximum absolute atomic E-state index is 2.29. The molecule has 1 rings (SSSR count). The molecule has 0 atom stereocenters. The highest BCUT2D eigenvalue weighted by Gasteiger charge is 2.00. The Kier molecular flexibility index (Phi) is 8.29. The third-order valence-electron chi connectivity index (χ3n) is 4.00. The zero-order chi connectivity index (χ0) is 13.9. The molecule has 0 aliphatic heterocycles. The largest absolute Gasteiger partial charge is 0.0698 e. The molecule has 0 aliphatic carbocycles. The van der Waals surface area contributed by atoms with Crippen LogP contribution in [-0.4, -0.2) is 0 Å². The summed E-state index contributed by atoms with van der Waals surface area (Å²) < 4.78 is 0. The maximum atomic E-state index is 2.29. The monoisotopic (exact) mass is 258 g/mol. The van der Waals surface area contributed by atoms with Gasteiger partial charge in [0.05, 0.1) is 0 Å². The second kappa shape index (κ2) is 9.83. The minimum Gasteiger partial charge on any atom is -0.0698 e. The van der Waals surface area contributed by atoms with Crippen molar-refractivity contribution in [3.05, 3.63) is 41.5 Å². The van der Waals surface area contributed by atoms with E-state index in [4.69, 9.17) is 0 Å². The molecule has 0 spiro atoms. The molecule has 0 unspecified atom stereocenters. The van der Waals surface area contributed by atoms with Crippen molar-refractivity contribution in [3.8, 4) is 0 Å². The Morgan fingerprint density at radius 3 is 2.00 bits per heavy atom. The summed E-state index contributed by atoms with van der Waals surface area (Å²) in [6.07, 6.45) is 11.0. The molecule has 106 valence electrons. The molecule has 0 fully saturated rings. The van der Waals surface area contributed by atoms with Crippen LogP contribution in [0, 0.1) is 0 Å². The molecule has 0 heteroatoms. The van der Waals surface area contributed by atoms with Crippen molar-refractivity contribution < 1.29 is 0 Å². The summed E-state index contributed by atoms with van der Waals surface area (Å²) in [4.78, 5) is 0. The molecule has 0 amide bonds. The normalized spacial score (nSPS) is 12.4. The van der Waals surface area contributed by atoms with Crippen LogP contribution in [0.3, 0.4) is 0 Å². The predicted molar refractivity (Wildman–Crippen MR) is 87.3 cm³/mol. The van der Waals surface area contributed by atoms with E-state index in [0.29, 0.717) is 0 Å². The molecule has 0 saturated carbocycles. The van der Waals surface area contributed by atoms with Crippen molar-refractivity contribution in [2.45, 2.75) is 72.1 Å². The van der Waals surface area contributed by atoms with Gasteiger partial charge in [-0.15, -0.1) is 0 Å². The smallest absolute Gasteiger partial charge is 0.0228 e. The van der Waals surface area contributed by atoms with Crippen molar-refractivity contribution in [2.75, 3.05) is 0 Å². The van der Waals surface area contributed by atoms with E-state index in [1.165, 1.54) is 62.5 Å². The first-order valence-corrected chi connectivity index (χ1v) is 7.97. The first-order valence-electron chi connectivity index (χ1n) is 7.97. The fourth-order valence-electron chi connectivity index (χ4n) is 2.47. The number of hydrogen-bond donors (Lipinski definition) is 0. The van der Waals surface area contributed by atoms with Gasteiger partial charge >= 0.3 is 0 Å². The summed E-state index contributed by atoms with van der Waals surface area (Å²) >= 11 is 0. The lowest BCUT2D eigenvalue weighted by Crippen LogP contribution is -1.87. The highest BCUT2D eigenvalue weighted by molar-refractivity contribution is 5.66. The summed E-state index contributed by atoms with van der Waals surface area (Å²) in [7, 11) is 0. The zero-order valence-corrected chi connectivity index (χ0v) is 13.0. The van der Waals surface area contributed by atoms with Gasteiger partial charge in [-0.2, -0.15) is 0 Å². The van der Waals surface area contributed by atoms with Gasteiger partial charge in [0, 0.05) is 0 Å². The molecule has 1 aromatic carbocycles. The van der Waals surface area contributed by atoms with E-state index in [2.05, 4.69) is 51.1 Å². The number of rotatable bonds is 9. The Hall–Kier alpha value is -1.04. The molecule has 1 aromatic rings. The van der Waals surface area contributed by atoms with E-state index in [-0.39, 0.29) is 0 Å². The van der Waals surface area contributed by atoms with Crippen LogP contribution in [0.5, 0.6) is 0 Å². The molecule has 0 N–H and O–H groups in total. The summed E-state index contributed by atoms with van der Waals surface area (Å²) in [5, 5.41) is 0. The van der Waals surface area contributed by atoms with Crippen LogP contribution in [0.4, 0.5) is 0 Å². The van der Waals surface area contributed by atoms with Gasteiger partial charge in [-0.25, -0.2) is 0 Å². The lowest BCUT2D eigenvalue weighted by atomic mass is 9.98. The maximum Gasteiger partial charge on any atom is -0.0228 e. The average molecular weight is 258 g/mol. The molecule has 0 radical (unpaired) electrons. The fourth-order valence-corrected chi connectivity index (χ4v) is 2.47. The van der Waals surface area contributed by atoms with Gasteiger partial charge in [-0.3, -0.25) is 0 Å². The lowest BCUT2D eigenvalue weighted by molar-refractivity contribution is 0.588. The van der Waals surface area contributed by atoms with E-state index in [9.17, 15) is 0 Å². The molecule has 0 heterocycles. The number of allylic oxidation sites excluding steroid dienone is 2. The highest BCUT2D eigenvalue weighted by Crippen LogP contribution is 2.22. The quantitative estimate of drug-likeness (QED) is 0.436. The first-order chi connectivity index (χ1) is 9.25. The van der Waals surface area contributed by atoms with Gasteiger partial charge in [0.2, 0.25) is 0 Å². The molecule has 0 saturated heterocycles. The second-order valence-electron chi connectivity index (χ2n) is 5.64. The van der Waals surface area contributed by atoms with E-state index < -0.39 is 0 Å². The van der Waals surface area contributed by atoms with Crippen molar-refractivity contribution in [1.29, 1.82) is 0 Å². The SMILES string of the molecule is CCCCCCCCCC(C)=C(C)c1ccccc1. The Morgan fingerprint density at radius 2 is 1.37 bits per heavy atom. The van der Waals surface area contributed by atoms with E-state index in [0.717, 1.165) is 0 Å². The lowest BCUT2D eigenvalue weighted by Gasteiger charge is -2.08. The van der Waals surface area contributed by atoms with Crippen LogP contribution in [-0.2, 0) is 0 Å². The molecule has 0 nitrogen and oxygen atoms in total. The van der Waals surface area contributed by atoms with Crippen molar-refractivity contribution in [2.24, 2.45) is 0 Å². The van der Waals surface area contributed by atoms with Crippen LogP contribution < -0.4 is 0 Å². The van der Waals surface area contributed by atoms with Crippen molar-refractivity contribution in [1.82, 2.24) is 0 Å². The van der Waals surface area contributed by atoms with E-state index >= 15 is 0 Å². The van der Waals surface area contributed by atoms with Crippen LogP contribution in [0.25, 0.3) is 5.57 Å². The predicted octanol–water partition coefficient (Wildman–Crippen LogP) is 6.62. The van der Waals surface area contributed by atoms with E-state index in [1.807, 2.05) is 0 Å². The first kappa shape index (κ1) is 16.0. The van der Waals surface area contributed by atoms with Gasteiger partial charge < -0.3 is 0 Å². The zero-order valence-electron chi connectivity index (χ0n) is 13.0. The van der Waals surface area contributed by atoms with Crippen LogP contribution in [0.15, 0.2) is 35.9 Å². The molecular weight excluding hydrogens is 228 g/mol. The third kappa shape index (κ3) is 6.61. The summed E-state index contributed by atoms with van der Waals surface area (Å²) in [5.74, 6) is 0. The highest BCUT2D eigenvalue weighted by atomic mass is 14.1. The van der Waals surface area contributed by atoms with Crippen LogP contribution in [0.2, 0.25) is 0 Å². The Labute approximate surface area is 119 Å². The molecular formula is C19H30. The van der Waals surface area contributed by atoms with Gasteiger partial charge in [0.15, 0.2) is 0 Å². The van der Waals surface area contributed by atoms with Gasteiger partial charge in [0.1, 0.15) is 0 Å².